The molecule has 1 fully saturated rings. The number of nitrogens with zero attached hydrogens (tertiary/aromatic N) is 2. The first-order valence-electron chi connectivity index (χ1n) is 5.95. The molecule has 7 heteroatoms. The molecule has 0 atom stereocenters. The zero-order valence-electron chi connectivity index (χ0n) is 10.2. The molecule has 1 aromatic rings. The summed E-state index contributed by atoms with van der Waals surface area (Å²) in [7, 11) is 0. The SMILES string of the molecule is NC(=O)c1cnccc1N1CCC(C(F)(F)F)CC1. The maximum absolute atomic E-state index is 12.6. The van der Waals surface area contributed by atoms with Gasteiger partial charge < -0.3 is 10.6 Å². The first kappa shape index (κ1) is 13.6. The Morgan fingerprint density at radius 2 is 2.00 bits per heavy atom. The van der Waals surface area contributed by atoms with E-state index < -0.39 is 18.0 Å². The standard InChI is InChI=1S/C12H14F3N3O/c13-12(14,15)8-2-5-18(6-3-8)10-1-4-17-7-9(10)11(16)19/h1,4,7-8H,2-3,5-6H2,(H2,16,19). The molecule has 1 amide bonds. The van der Waals surface area contributed by atoms with E-state index in [9.17, 15) is 18.0 Å². The molecule has 1 aromatic heterocycles. The van der Waals surface area contributed by atoms with Gasteiger partial charge in [0.1, 0.15) is 0 Å². The van der Waals surface area contributed by atoms with E-state index in [2.05, 4.69) is 4.98 Å². The van der Waals surface area contributed by atoms with Crippen LogP contribution in [0.25, 0.3) is 0 Å². The number of aromatic nitrogens is 1. The quantitative estimate of drug-likeness (QED) is 0.896. The van der Waals surface area contributed by atoms with E-state index in [1.807, 2.05) is 0 Å². The molecule has 0 spiro atoms. The van der Waals surface area contributed by atoms with Crippen molar-refractivity contribution in [2.75, 3.05) is 18.0 Å². The molecule has 2 rings (SSSR count). The number of hydrogen-bond acceptors (Lipinski definition) is 3. The minimum Gasteiger partial charge on any atom is -0.371 e. The molecular formula is C12H14F3N3O. The summed E-state index contributed by atoms with van der Waals surface area (Å²) in [6.07, 6.45) is -1.24. The molecular weight excluding hydrogens is 259 g/mol. The monoisotopic (exact) mass is 273 g/mol. The first-order chi connectivity index (χ1) is 8.89. The molecule has 104 valence electrons. The van der Waals surface area contributed by atoms with Gasteiger partial charge in [0, 0.05) is 25.5 Å². The largest absolute Gasteiger partial charge is 0.391 e. The third-order valence-corrected chi connectivity index (χ3v) is 3.36. The molecule has 0 aliphatic carbocycles. The Balaban J connectivity index is 2.12. The number of hydrogen-bond donors (Lipinski definition) is 1. The molecule has 0 aromatic carbocycles. The lowest BCUT2D eigenvalue weighted by atomic mass is 9.95. The number of carbonyl (C=O) groups is 1. The number of primary amides is 1. The van der Waals surface area contributed by atoms with Crippen LogP contribution in [0.5, 0.6) is 0 Å². The molecule has 0 saturated carbocycles. The normalized spacial score (nSPS) is 17.5. The van der Waals surface area contributed by atoms with Gasteiger partial charge in [-0.3, -0.25) is 9.78 Å². The number of amides is 1. The average molecular weight is 273 g/mol. The number of piperidine rings is 1. The van der Waals surface area contributed by atoms with Gasteiger partial charge in [-0.25, -0.2) is 0 Å². The Morgan fingerprint density at radius 3 is 2.53 bits per heavy atom. The van der Waals surface area contributed by atoms with E-state index in [0.717, 1.165) is 0 Å². The fourth-order valence-electron chi connectivity index (χ4n) is 2.30. The zero-order valence-corrected chi connectivity index (χ0v) is 10.2. The Labute approximate surface area is 108 Å². The van der Waals surface area contributed by atoms with Crippen LogP contribution in [0.3, 0.4) is 0 Å². The van der Waals surface area contributed by atoms with Crippen LogP contribution in [0.4, 0.5) is 18.9 Å². The molecule has 19 heavy (non-hydrogen) atoms. The van der Waals surface area contributed by atoms with Crippen molar-refractivity contribution in [1.82, 2.24) is 4.98 Å². The van der Waals surface area contributed by atoms with Crippen molar-refractivity contribution in [3.8, 4) is 0 Å². The molecule has 2 heterocycles. The Bertz CT molecular complexity index is 468. The van der Waals surface area contributed by atoms with Crippen LogP contribution in [0.15, 0.2) is 18.5 Å². The smallest absolute Gasteiger partial charge is 0.371 e. The molecule has 2 N–H and O–H groups in total. The Kier molecular flexibility index (Phi) is 3.64. The molecule has 0 bridgehead atoms. The van der Waals surface area contributed by atoms with Crippen LogP contribution in [0.2, 0.25) is 0 Å². The highest BCUT2D eigenvalue weighted by Crippen LogP contribution is 2.35. The molecule has 4 nitrogen and oxygen atoms in total. The summed E-state index contributed by atoms with van der Waals surface area (Å²) in [6.45, 7) is 0.517. The summed E-state index contributed by atoms with van der Waals surface area (Å²) in [5, 5.41) is 0. The topological polar surface area (TPSA) is 59.2 Å². The van der Waals surface area contributed by atoms with E-state index in [0.29, 0.717) is 5.69 Å². The van der Waals surface area contributed by atoms with Gasteiger partial charge in [0.25, 0.3) is 5.91 Å². The minimum atomic E-state index is -4.14. The third kappa shape index (κ3) is 2.97. The van der Waals surface area contributed by atoms with E-state index in [1.165, 1.54) is 12.4 Å². The van der Waals surface area contributed by atoms with Crippen LogP contribution in [0, 0.1) is 5.92 Å². The van der Waals surface area contributed by atoms with Gasteiger partial charge in [0.15, 0.2) is 0 Å². The fraction of sp³-hybridized carbons (Fsp3) is 0.500. The molecule has 1 aliphatic heterocycles. The zero-order chi connectivity index (χ0) is 14.0. The number of pyridine rings is 1. The van der Waals surface area contributed by atoms with Crippen LogP contribution in [0.1, 0.15) is 23.2 Å². The minimum absolute atomic E-state index is 0.0318. The van der Waals surface area contributed by atoms with Crippen LogP contribution < -0.4 is 10.6 Å². The highest BCUT2D eigenvalue weighted by molar-refractivity contribution is 5.98. The lowest BCUT2D eigenvalue weighted by Crippen LogP contribution is -2.39. The lowest BCUT2D eigenvalue weighted by molar-refractivity contribution is -0.179. The van der Waals surface area contributed by atoms with Crippen molar-refractivity contribution in [3.05, 3.63) is 24.0 Å². The third-order valence-electron chi connectivity index (χ3n) is 3.36. The van der Waals surface area contributed by atoms with Gasteiger partial charge >= 0.3 is 6.18 Å². The van der Waals surface area contributed by atoms with E-state index >= 15 is 0 Å². The second-order valence-electron chi connectivity index (χ2n) is 4.56. The number of nitrogens with two attached hydrogens (primary N) is 1. The van der Waals surface area contributed by atoms with Crippen LogP contribution >= 0.6 is 0 Å². The Morgan fingerprint density at radius 1 is 1.37 bits per heavy atom. The van der Waals surface area contributed by atoms with Crippen molar-refractivity contribution in [2.24, 2.45) is 11.7 Å². The summed E-state index contributed by atoms with van der Waals surface area (Å²) in [5.74, 6) is -1.89. The van der Waals surface area contributed by atoms with Gasteiger partial charge in [-0.2, -0.15) is 13.2 Å². The number of halogens is 3. The summed E-state index contributed by atoms with van der Waals surface area (Å²) in [5.41, 5.74) is 6.03. The number of alkyl halides is 3. The van der Waals surface area contributed by atoms with Crippen molar-refractivity contribution < 1.29 is 18.0 Å². The van der Waals surface area contributed by atoms with Crippen LogP contribution in [-0.4, -0.2) is 30.2 Å². The van der Waals surface area contributed by atoms with Gasteiger partial charge in [0.2, 0.25) is 0 Å². The fourth-order valence-corrected chi connectivity index (χ4v) is 2.30. The van der Waals surface area contributed by atoms with Crippen molar-refractivity contribution in [1.29, 1.82) is 0 Å². The molecule has 1 saturated heterocycles. The van der Waals surface area contributed by atoms with E-state index in [4.69, 9.17) is 5.73 Å². The van der Waals surface area contributed by atoms with Gasteiger partial charge in [-0.1, -0.05) is 0 Å². The maximum atomic E-state index is 12.6. The molecule has 0 radical (unpaired) electrons. The van der Waals surface area contributed by atoms with Gasteiger partial charge in [-0.15, -0.1) is 0 Å². The number of carbonyl (C=O) groups excluding carboxylic acids is 1. The lowest BCUT2D eigenvalue weighted by Gasteiger charge is -2.35. The summed E-state index contributed by atoms with van der Waals surface area (Å²) >= 11 is 0. The summed E-state index contributed by atoms with van der Waals surface area (Å²) < 4.78 is 37.7. The number of anilines is 1. The summed E-state index contributed by atoms with van der Waals surface area (Å²) in [6, 6.07) is 1.61. The van der Waals surface area contributed by atoms with E-state index in [-0.39, 0.29) is 31.5 Å². The second kappa shape index (κ2) is 5.07. The number of rotatable bonds is 2. The van der Waals surface area contributed by atoms with E-state index in [1.54, 1.807) is 11.0 Å². The maximum Gasteiger partial charge on any atom is 0.391 e. The van der Waals surface area contributed by atoms with Crippen LogP contribution in [-0.2, 0) is 0 Å². The van der Waals surface area contributed by atoms with Crippen molar-refractivity contribution in [3.63, 3.8) is 0 Å². The summed E-state index contributed by atoms with van der Waals surface area (Å²) in [4.78, 5) is 16.8. The predicted molar refractivity (Wildman–Crippen MR) is 63.7 cm³/mol. The predicted octanol–water partition coefficient (Wildman–Crippen LogP) is 1.96. The average Bonchev–Trinajstić information content (AvgIpc) is 2.38. The highest BCUT2D eigenvalue weighted by Gasteiger charge is 2.41. The van der Waals surface area contributed by atoms with Crippen molar-refractivity contribution in [2.45, 2.75) is 19.0 Å². The highest BCUT2D eigenvalue weighted by atomic mass is 19.4. The first-order valence-corrected chi connectivity index (χ1v) is 5.95. The second-order valence-corrected chi connectivity index (χ2v) is 4.56. The van der Waals surface area contributed by atoms with Gasteiger partial charge in [0.05, 0.1) is 17.2 Å². The molecule has 0 unspecified atom stereocenters. The molecule has 1 aliphatic rings. The van der Waals surface area contributed by atoms with Gasteiger partial charge in [-0.05, 0) is 18.9 Å². The Hall–Kier alpha value is -1.79. The van der Waals surface area contributed by atoms with Crippen molar-refractivity contribution >= 4 is 11.6 Å².